The van der Waals surface area contributed by atoms with E-state index >= 15 is 0 Å². The molecule has 1 radical (unpaired) electrons. The van der Waals surface area contributed by atoms with Crippen LogP contribution in [0.25, 0.3) is 0 Å². The predicted octanol–water partition coefficient (Wildman–Crippen LogP) is 2.49. The molecule has 4 rings (SSSR count). The van der Waals surface area contributed by atoms with Crippen LogP contribution in [-0.4, -0.2) is 98.5 Å². The molecule has 0 aromatic heterocycles. The zero-order valence-corrected chi connectivity index (χ0v) is 19.0. The highest BCUT2D eigenvalue weighted by Gasteiger charge is 2.34. The topological polar surface area (TPSA) is 74.4 Å². The van der Waals surface area contributed by atoms with Crippen molar-refractivity contribution in [1.29, 1.82) is 0 Å². The molecule has 0 bridgehead atoms. The Bertz CT molecular complexity index is 590. The molecule has 8 nitrogen and oxygen atoms in total. The molecule has 4 aliphatic rings. The van der Waals surface area contributed by atoms with Gasteiger partial charge in [-0.3, -0.25) is 0 Å². The average molecular weight is 436 g/mol. The third-order valence-electron chi connectivity index (χ3n) is 7.66. The van der Waals surface area contributed by atoms with Gasteiger partial charge >= 0.3 is 12.1 Å². The van der Waals surface area contributed by atoms with E-state index in [4.69, 9.17) is 9.47 Å². The summed E-state index contributed by atoms with van der Waals surface area (Å²) < 4.78 is 10.7. The molecule has 0 unspecified atom stereocenters. The number of urea groups is 2. The van der Waals surface area contributed by atoms with Crippen LogP contribution in [0.2, 0.25) is 0 Å². The maximum Gasteiger partial charge on any atom is 0.320 e. The third kappa shape index (κ3) is 5.83. The molecule has 175 valence electrons. The van der Waals surface area contributed by atoms with Crippen LogP contribution in [0.1, 0.15) is 51.4 Å². The first-order valence-corrected chi connectivity index (χ1v) is 12.2. The van der Waals surface area contributed by atoms with E-state index in [1.165, 1.54) is 12.8 Å². The molecule has 4 amide bonds. The largest absolute Gasteiger partial charge is 0.378 e. The van der Waals surface area contributed by atoms with Crippen LogP contribution >= 0.6 is 0 Å². The van der Waals surface area contributed by atoms with Crippen LogP contribution in [0, 0.1) is 11.8 Å². The van der Waals surface area contributed by atoms with Gasteiger partial charge in [0.2, 0.25) is 0 Å². The Labute approximate surface area is 186 Å². The first-order valence-electron chi connectivity index (χ1n) is 12.2. The number of nitrogens with one attached hydrogen (secondary N) is 1. The zero-order chi connectivity index (χ0) is 21.6. The van der Waals surface area contributed by atoms with Crippen molar-refractivity contribution >= 4 is 12.1 Å². The molecule has 2 aliphatic carbocycles. The van der Waals surface area contributed by atoms with Crippen molar-refractivity contribution in [1.82, 2.24) is 20.0 Å². The highest BCUT2D eigenvalue weighted by Crippen LogP contribution is 2.40. The highest BCUT2D eigenvalue weighted by molar-refractivity contribution is 5.75. The Morgan fingerprint density at radius 3 is 1.97 bits per heavy atom. The lowest BCUT2D eigenvalue weighted by molar-refractivity contribution is 0.0394. The fourth-order valence-corrected chi connectivity index (χ4v) is 5.58. The summed E-state index contributed by atoms with van der Waals surface area (Å²) in [4.78, 5) is 31.0. The smallest absolute Gasteiger partial charge is 0.320 e. The number of rotatable bonds is 3. The molecular weight excluding hydrogens is 396 g/mol. The lowest BCUT2D eigenvalue weighted by Crippen LogP contribution is -2.51. The first kappa shape index (κ1) is 22.6. The molecule has 0 atom stereocenters. The number of carbonyl (C=O) groups is 2. The summed E-state index contributed by atoms with van der Waals surface area (Å²) in [5.41, 5.74) is 0. The highest BCUT2D eigenvalue weighted by atomic mass is 16.5. The van der Waals surface area contributed by atoms with E-state index in [0.717, 1.165) is 38.5 Å². The zero-order valence-electron chi connectivity index (χ0n) is 19.0. The molecule has 0 aromatic carbocycles. The van der Waals surface area contributed by atoms with Crippen molar-refractivity contribution in [3.8, 4) is 0 Å². The summed E-state index contributed by atoms with van der Waals surface area (Å²) in [6.07, 6.45) is 8.94. The Kier molecular flexibility index (Phi) is 7.93. The lowest BCUT2D eigenvalue weighted by Gasteiger charge is -2.41. The average Bonchev–Trinajstić information content (AvgIpc) is 2.85. The van der Waals surface area contributed by atoms with Crippen LogP contribution in [0.15, 0.2) is 0 Å². The van der Waals surface area contributed by atoms with Gasteiger partial charge in [-0.25, -0.2) is 9.59 Å². The van der Waals surface area contributed by atoms with Gasteiger partial charge in [0.25, 0.3) is 0 Å². The van der Waals surface area contributed by atoms with Crippen LogP contribution < -0.4 is 5.32 Å². The van der Waals surface area contributed by atoms with E-state index in [-0.39, 0.29) is 12.1 Å². The Morgan fingerprint density at radius 2 is 1.39 bits per heavy atom. The van der Waals surface area contributed by atoms with Gasteiger partial charge in [0.05, 0.1) is 26.4 Å². The van der Waals surface area contributed by atoms with Gasteiger partial charge in [-0.2, -0.15) is 0 Å². The Balaban J connectivity index is 1.16. The molecule has 8 heteroatoms. The van der Waals surface area contributed by atoms with Crippen molar-refractivity contribution in [2.75, 3.05) is 59.7 Å². The second kappa shape index (κ2) is 10.9. The van der Waals surface area contributed by atoms with E-state index in [0.29, 0.717) is 70.6 Å². The first-order chi connectivity index (χ1) is 15.1. The minimum absolute atomic E-state index is 0.0743. The fraction of sp³-hybridized carbons (Fsp3) is 0.870. The minimum atomic E-state index is 0.0743. The molecule has 31 heavy (non-hydrogen) atoms. The number of hydrogen-bond donors (Lipinski definition) is 1. The molecule has 2 aliphatic heterocycles. The normalized spacial score (nSPS) is 28.9. The van der Waals surface area contributed by atoms with Gasteiger partial charge in [-0.15, -0.1) is 0 Å². The van der Waals surface area contributed by atoms with E-state index < -0.39 is 0 Å². The number of nitrogens with zero attached hydrogens (tertiary/aromatic N) is 3. The number of morpholine rings is 2. The monoisotopic (exact) mass is 435 g/mol. The lowest BCUT2D eigenvalue weighted by atomic mass is 9.71. The van der Waals surface area contributed by atoms with E-state index in [9.17, 15) is 9.59 Å². The van der Waals surface area contributed by atoms with Crippen molar-refractivity contribution in [3.63, 3.8) is 0 Å². The van der Waals surface area contributed by atoms with Gasteiger partial charge in [0.1, 0.15) is 0 Å². The molecule has 0 spiro atoms. The minimum Gasteiger partial charge on any atom is -0.378 e. The van der Waals surface area contributed by atoms with Crippen molar-refractivity contribution < 1.29 is 19.1 Å². The van der Waals surface area contributed by atoms with E-state index in [1.807, 2.05) is 21.7 Å². The summed E-state index contributed by atoms with van der Waals surface area (Å²) in [6.45, 7) is 5.40. The van der Waals surface area contributed by atoms with Crippen molar-refractivity contribution in [2.24, 2.45) is 5.92 Å². The second-order valence-corrected chi connectivity index (χ2v) is 9.48. The third-order valence-corrected chi connectivity index (χ3v) is 7.66. The van der Waals surface area contributed by atoms with E-state index in [2.05, 4.69) is 5.32 Å². The summed E-state index contributed by atoms with van der Waals surface area (Å²) in [5.74, 6) is 2.39. The van der Waals surface area contributed by atoms with Gasteiger partial charge in [0.15, 0.2) is 0 Å². The van der Waals surface area contributed by atoms with Gasteiger partial charge < -0.3 is 29.5 Å². The number of ether oxygens (including phenoxy) is 2. The quantitative estimate of drug-likeness (QED) is 0.739. The maximum atomic E-state index is 12.8. The summed E-state index contributed by atoms with van der Waals surface area (Å²) in [5, 5.41) is 3.24. The van der Waals surface area contributed by atoms with Crippen LogP contribution in [0.4, 0.5) is 9.59 Å². The van der Waals surface area contributed by atoms with Crippen LogP contribution in [0.5, 0.6) is 0 Å². The van der Waals surface area contributed by atoms with Crippen molar-refractivity contribution in [3.05, 3.63) is 5.92 Å². The van der Waals surface area contributed by atoms with Crippen LogP contribution in [-0.2, 0) is 9.47 Å². The predicted molar refractivity (Wildman–Crippen MR) is 118 cm³/mol. The summed E-state index contributed by atoms with van der Waals surface area (Å²) in [7, 11) is 1.97. The standard InChI is InChI=1S/C23H39N4O4/c1-25(23(29)27-12-16-31-17-13-27)21-8-4-19(5-9-21)18-2-6-20(7-3-18)24-22(28)26-10-14-30-15-11-26/h19-21H,2-17H2,1H3,(H,24,28)/t19-,21-. The molecular formula is C23H39N4O4. The molecule has 0 aromatic rings. The van der Waals surface area contributed by atoms with E-state index in [1.54, 1.807) is 5.92 Å². The van der Waals surface area contributed by atoms with Crippen LogP contribution in [0.3, 0.4) is 0 Å². The fourth-order valence-electron chi connectivity index (χ4n) is 5.58. The molecule has 2 saturated heterocycles. The summed E-state index contributed by atoms with van der Waals surface area (Å²) >= 11 is 0. The Hall–Kier alpha value is -1.54. The number of hydrogen-bond acceptors (Lipinski definition) is 4. The second-order valence-electron chi connectivity index (χ2n) is 9.48. The SMILES string of the molecule is CN(C(=O)N1CCOCC1)[C@H]1CC[C@H]([C]2CCC(NC(=O)N3CCOCC3)CC2)CC1. The van der Waals surface area contributed by atoms with Gasteiger partial charge in [-0.1, -0.05) is 0 Å². The molecule has 2 saturated carbocycles. The maximum absolute atomic E-state index is 12.8. The Morgan fingerprint density at radius 1 is 0.839 bits per heavy atom. The van der Waals surface area contributed by atoms with Gasteiger partial charge in [-0.05, 0) is 63.2 Å². The summed E-state index contributed by atoms with van der Waals surface area (Å²) in [6, 6.07) is 0.894. The number of amides is 4. The molecule has 2 heterocycles. The van der Waals surface area contributed by atoms with Gasteiger partial charge in [0, 0.05) is 45.3 Å². The number of carbonyl (C=O) groups excluding carboxylic acids is 2. The van der Waals surface area contributed by atoms with Crippen molar-refractivity contribution in [2.45, 2.75) is 63.5 Å². The molecule has 1 N–H and O–H groups in total. The molecule has 4 fully saturated rings.